The van der Waals surface area contributed by atoms with Crippen LogP contribution in [-0.2, 0) is 0 Å². The highest BCUT2D eigenvalue weighted by atomic mass is 16.3. The number of nitrogens with one attached hydrogen (secondary N) is 1. The molecule has 2 fully saturated rings. The first-order chi connectivity index (χ1) is 11.1. The number of hydrogen-bond donors (Lipinski definition) is 2. The smallest absolute Gasteiger partial charge is 0.317 e. The van der Waals surface area contributed by atoms with Crippen LogP contribution in [0, 0.1) is 5.41 Å². The number of aliphatic hydroxyl groups excluding tert-OH is 1. The Bertz CT molecular complexity index is 353. The van der Waals surface area contributed by atoms with Gasteiger partial charge in [-0.2, -0.15) is 0 Å². The third kappa shape index (κ3) is 5.08. The molecule has 0 aromatic carbocycles. The van der Waals surface area contributed by atoms with E-state index >= 15 is 0 Å². The normalized spacial score (nSPS) is 23.0. The van der Waals surface area contributed by atoms with E-state index in [1.165, 1.54) is 19.4 Å². The highest BCUT2D eigenvalue weighted by Crippen LogP contribution is 2.34. The van der Waals surface area contributed by atoms with Crippen LogP contribution in [0.2, 0.25) is 0 Å². The number of unbranched alkanes of at least 4 members (excludes halogenated alkanes) is 1. The fourth-order valence-corrected chi connectivity index (χ4v) is 3.76. The monoisotopic (exact) mass is 325 g/mol. The van der Waals surface area contributed by atoms with Gasteiger partial charge in [-0.1, -0.05) is 20.3 Å². The first-order valence-electron chi connectivity index (χ1n) is 9.51. The van der Waals surface area contributed by atoms with E-state index in [-0.39, 0.29) is 18.1 Å². The van der Waals surface area contributed by atoms with Gasteiger partial charge in [-0.15, -0.1) is 0 Å². The lowest BCUT2D eigenvalue weighted by Gasteiger charge is -2.41. The molecule has 5 nitrogen and oxygen atoms in total. The Kier molecular flexibility index (Phi) is 7.15. The summed E-state index contributed by atoms with van der Waals surface area (Å²) in [6.07, 6.45) is 7.49. The van der Waals surface area contributed by atoms with Crippen LogP contribution in [0.15, 0.2) is 0 Å². The molecule has 0 atom stereocenters. The molecule has 0 saturated carbocycles. The Labute approximate surface area is 141 Å². The minimum absolute atomic E-state index is 0.0431. The minimum atomic E-state index is 0.0431. The van der Waals surface area contributed by atoms with Gasteiger partial charge in [0.15, 0.2) is 0 Å². The second-order valence-corrected chi connectivity index (χ2v) is 7.42. The predicted molar refractivity (Wildman–Crippen MR) is 93.5 cm³/mol. The number of hydrogen-bond acceptors (Lipinski definition) is 3. The number of likely N-dealkylation sites (tertiary alicyclic amines) is 2. The molecule has 2 saturated heterocycles. The Balaban J connectivity index is 1.70. The zero-order valence-corrected chi connectivity index (χ0v) is 15.0. The van der Waals surface area contributed by atoms with Crippen molar-refractivity contribution < 1.29 is 9.90 Å². The molecule has 0 bridgehead atoms. The largest absolute Gasteiger partial charge is 0.396 e. The number of aliphatic hydroxyl groups is 1. The number of amides is 2. The lowest BCUT2D eigenvalue weighted by Crippen LogP contribution is -2.52. The number of nitrogens with zero attached hydrogens (tertiary/aromatic N) is 2. The van der Waals surface area contributed by atoms with E-state index < -0.39 is 0 Å². The summed E-state index contributed by atoms with van der Waals surface area (Å²) in [4.78, 5) is 16.9. The van der Waals surface area contributed by atoms with Crippen molar-refractivity contribution >= 4 is 6.03 Å². The standard InChI is InChI=1S/C18H35N3O2/c1-3-5-10-20-11-6-16(7-12-20)19-17(23)21-13-8-18(4-2,15-22)9-14-21/h16,22H,3-15H2,1-2H3,(H,19,23). The molecular weight excluding hydrogens is 290 g/mol. The average Bonchev–Trinajstić information content (AvgIpc) is 2.61. The highest BCUT2D eigenvalue weighted by Gasteiger charge is 2.34. The summed E-state index contributed by atoms with van der Waals surface area (Å²) < 4.78 is 0. The van der Waals surface area contributed by atoms with Crippen molar-refractivity contribution in [1.82, 2.24) is 15.1 Å². The quantitative estimate of drug-likeness (QED) is 0.789. The van der Waals surface area contributed by atoms with Crippen molar-refractivity contribution in [1.29, 1.82) is 0 Å². The fourth-order valence-electron chi connectivity index (χ4n) is 3.76. The fraction of sp³-hybridized carbons (Fsp3) is 0.944. The minimum Gasteiger partial charge on any atom is -0.396 e. The summed E-state index contributed by atoms with van der Waals surface area (Å²) >= 11 is 0. The number of piperidine rings is 2. The molecule has 134 valence electrons. The number of carbonyl (C=O) groups excluding carboxylic acids is 1. The first-order valence-corrected chi connectivity index (χ1v) is 9.51. The van der Waals surface area contributed by atoms with Crippen molar-refractivity contribution in [3.05, 3.63) is 0 Å². The van der Waals surface area contributed by atoms with E-state index in [4.69, 9.17) is 0 Å². The van der Waals surface area contributed by atoms with E-state index in [9.17, 15) is 9.90 Å². The van der Waals surface area contributed by atoms with E-state index in [2.05, 4.69) is 24.1 Å². The molecule has 5 heteroatoms. The van der Waals surface area contributed by atoms with Gasteiger partial charge in [0.2, 0.25) is 0 Å². The van der Waals surface area contributed by atoms with Gasteiger partial charge in [-0.3, -0.25) is 0 Å². The summed E-state index contributed by atoms with van der Waals surface area (Å²) in [5.41, 5.74) is 0.0431. The molecule has 0 radical (unpaired) electrons. The predicted octanol–water partition coefficient (Wildman–Crippen LogP) is 2.45. The van der Waals surface area contributed by atoms with Crippen LogP contribution in [0.3, 0.4) is 0 Å². The maximum atomic E-state index is 12.4. The summed E-state index contributed by atoms with van der Waals surface area (Å²) in [5, 5.41) is 12.8. The van der Waals surface area contributed by atoms with Gasteiger partial charge < -0.3 is 20.2 Å². The van der Waals surface area contributed by atoms with E-state index in [0.29, 0.717) is 6.04 Å². The molecule has 2 rings (SSSR count). The molecule has 0 spiro atoms. The molecule has 2 amide bonds. The maximum Gasteiger partial charge on any atom is 0.317 e. The zero-order valence-electron chi connectivity index (χ0n) is 15.0. The first kappa shape index (κ1) is 18.5. The topological polar surface area (TPSA) is 55.8 Å². The van der Waals surface area contributed by atoms with Gasteiger partial charge in [-0.05, 0) is 50.5 Å². The summed E-state index contributed by atoms with van der Waals surface area (Å²) in [5.74, 6) is 0. The van der Waals surface area contributed by atoms with Crippen LogP contribution in [0.25, 0.3) is 0 Å². The number of rotatable bonds is 6. The molecule has 0 aromatic heterocycles. The molecule has 2 aliphatic heterocycles. The number of urea groups is 1. The molecule has 0 unspecified atom stereocenters. The Hall–Kier alpha value is -0.810. The molecular formula is C18H35N3O2. The van der Waals surface area contributed by atoms with E-state index in [0.717, 1.165) is 58.3 Å². The van der Waals surface area contributed by atoms with Crippen LogP contribution < -0.4 is 5.32 Å². The Morgan fingerprint density at radius 1 is 1.17 bits per heavy atom. The molecule has 0 aliphatic carbocycles. The van der Waals surface area contributed by atoms with Crippen LogP contribution in [0.4, 0.5) is 4.79 Å². The van der Waals surface area contributed by atoms with Crippen LogP contribution in [0.5, 0.6) is 0 Å². The Morgan fingerprint density at radius 3 is 2.35 bits per heavy atom. The lowest BCUT2D eigenvalue weighted by molar-refractivity contribution is 0.0509. The third-order valence-corrected chi connectivity index (χ3v) is 5.94. The summed E-state index contributed by atoms with van der Waals surface area (Å²) in [6, 6.07) is 0.427. The van der Waals surface area contributed by atoms with Crippen LogP contribution >= 0.6 is 0 Å². The maximum absolute atomic E-state index is 12.4. The summed E-state index contributed by atoms with van der Waals surface area (Å²) in [7, 11) is 0. The second-order valence-electron chi connectivity index (χ2n) is 7.42. The van der Waals surface area contributed by atoms with Crippen LogP contribution in [-0.4, -0.2) is 66.3 Å². The SMILES string of the molecule is CCCCN1CCC(NC(=O)N2CCC(CC)(CO)CC2)CC1. The third-order valence-electron chi connectivity index (χ3n) is 5.94. The molecule has 2 heterocycles. The van der Waals surface area contributed by atoms with Crippen molar-refractivity contribution in [2.75, 3.05) is 39.3 Å². The van der Waals surface area contributed by atoms with Gasteiger partial charge in [0.1, 0.15) is 0 Å². The Morgan fingerprint density at radius 2 is 1.83 bits per heavy atom. The van der Waals surface area contributed by atoms with Gasteiger partial charge in [0, 0.05) is 38.8 Å². The van der Waals surface area contributed by atoms with Crippen molar-refractivity contribution in [3.63, 3.8) is 0 Å². The van der Waals surface area contributed by atoms with Gasteiger partial charge >= 0.3 is 6.03 Å². The second kappa shape index (κ2) is 8.88. The van der Waals surface area contributed by atoms with Gasteiger partial charge in [0.05, 0.1) is 0 Å². The van der Waals surface area contributed by atoms with Gasteiger partial charge in [0.25, 0.3) is 0 Å². The van der Waals surface area contributed by atoms with Crippen molar-refractivity contribution in [3.8, 4) is 0 Å². The average molecular weight is 325 g/mol. The van der Waals surface area contributed by atoms with Crippen molar-refractivity contribution in [2.24, 2.45) is 5.41 Å². The van der Waals surface area contributed by atoms with Crippen LogP contribution in [0.1, 0.15) is 58.8 Å². The van der Waals surface area contributed by atoms with E-state index in [1.54, 1.807) is 0 Å². The molecule has 2 aliphatic rings. The van der Waals surface area contributed by atoms with E-state index in [1.807, 2.05) is 4.90 Å². The summed E-state index contributed by atoms with van der Waals surface area (Å²) in [6.45, 7) is 9.57. The van der Waals surface area contributed by atoms with Gasteiger partial charge in [-0.25, -0.2) is 4.79 Å². The zero-order chi connectivity index (χ0) is 16.7. The lowest BCUT2D eigenvalue weighted by atomic mass is 9.77. The molecule has 23 heavy (non-hydrogen) atoms. The van der Waals surface area contributed by atoms with Crippen molar-refractivity contribution in [2.45, 2.75) is 64.8 Å². The molecule has 2 N–H and O–H groups in total. The highest BCUT2D eigenvalue weighted by molar-refractivity contribution is 5.74. The number of carbonyl (C=O) groups is 1. The molecule has 0 aromatic rings.